The van der Waals surface area contributed by atoms with E-state index in [1.54, 1.807) is 6.20 Å². The summed E-state index contributed by atoms with van der Waals surface area (Å²) in [6.45, 7) is 0. The summed E-state index contributed by atoms with van der Waals surface area (Å²) < 4.78 is 27.0. The van der Waals surface area contributed by atoms with E-state index in [-0.39, 0.29) is 4.34 Å². The van der Waals surface area contributed by atoms with Gasteiger partial charge in [-0.1, -0.05) is 41.7 Å². The van der Waals surface area contributed by atoms with Gasteiger partial charge in [-0.2, -0.15) is 0 Å². The normalized spacial score (nSPS) is 12.1. The number of rotatable bonds is 3. The van der Waals surface area contributed by atoms with Crippen molar-refractivity contribution >= 4 is 26.3 Å². The average molecular weight is 294 g/mol. The van der Waals surface area contributed by atoms with Gasteiger partial charge in [-0.25, -0.2) is 22.6 Å². The minimum Gasteiger partial charge on any atom is -0.217 e. The number of nitrogens with zero attached hydrogens (tertiary/aromatic N) is 3. The molecule has 0 fully saturated rings. The lowest BCUT2D eigenvalue weighted by Crippen LogP contribution is -2.18. The van der Waals surface area contributed by atoms with Crippen molar-refractivity contribution in [2.75, 3.05) is 7.05 Å². The van der Waals surface area contributed by atoms with Crippen LogP contribution in [0.1, 0.15) is 0 Å². The summed E-state index contributed by atoms with van der Waals surface area (Å²) in [4.78, 5) is 4.93. The monoisotopic (exact) mass is 294 g/mol. The summed E-state index contributed by atoms with van der Waals surface area (Å²) >= 11 is 1.03. The molecule has 0 saturated heterocycles. The van der Waals surface area contributed by atoms with Gasteiger partial charge in [0.2, 0.25) is 9.30 Å². The summed E-state index contributed by atoms with van der Waals surface area (Å²) in [7, 11) is -2.15. The van der Waals surface area contributed by atoms with Crippen LogP contribution in [0.4, 0.5) is 0 Å². The maximum Gasteiger partial charge on any atom is 0.269 e. The molecule has 1 N–H and O–H groups in total. The van der Waals surface area contributed by atoms with Crippen molar-refractivity contribution in [1.82, 2.24) is 19.3 Å². The summed E-state index contributed by atoms with van der Waals surface area (Å²) in [6, 6.07) is 9.66. The Kier molecular flexibility index (Phi) is 2.85. The Hall–Kier alpha value is -1.77. The third-order valence-corrected chi connectivity index (χ3v) is 5.30. The first-order valence-corrected chi connectivity index (χ1v) is 7.75. The Morgan fingerprint density at radius 3 is 2.63 bits per heavy atom. The molecule has 2 aromatic heterocycles. The first kappa shape index (κ1) is 12.3. The third kappa shape index (κ3) is 2.14. The average Bonchev–Trinajstić information content (AvgIpc) is 2.98. The molecule has 0 unspecified atom stereocenters. The van der Waals surface area contributed by atoms with Crippen LogP contribution in [-0.2, 0) is 10.0 Å². The smallest absolute Gasteiger partial charge is 0.217 e. The van der Waals surface area contributed by atoms with Gasteiger partial charge in [0.1, 0.15) is 0 Å². The summed E-state index contributed by atoms with van der Waals surface area (Å²) in [5, 5.41) is 4.02. The highest BCUT2D eigenvalue weighted by molar-refractivity contribution is 7.91. The lowest BCUT2D eigenvalue weighted by molar-refractivity contribution is 0.585. The van der Waals surface area contributed by atoms with Crippen molar-refractivity contribution < 1.29 is 8.42 Å². The highest BCUT2D eigenvalue weighted by Gasteiger charge is 2.19. The van der Waals surface area contributed by atoms with Gasteiger partial charge in [0.05, 0.1) is 11.9 Å². The predicted molar refractivity (Wildman–Crippen MR) is 72.5 cm³/mol. The summed E-state index contributed by atoms with van der Waals surface area (Å²) in [5.41, 5.74) is 1.74. The number of fused-ring (bicyclic) bond motifs is 1. The van der Waals surface area contributed by atoms with E-state index in [4.69, 9.17) is 0 Å². The van der Waals surface area contributed by atoms with E-state index < -0.39 is 10.0 Å². The molecule has 1 aromatic carbocycles. The fourth-order valence-electron chi connectivity index (χ4n) is 1.63. The molecule has 0 amide bonds. The van der Waals surface area contributed by atoms with Gasteiger partial charge in [-0.15, -0.1) is 5.10 Å². The lowest BCUT2D eigenvalue weighted by atomic mass is 10.2. The summed E-state index contributed by atoms with van der Waals surface area (Å²) in [5.74, 6) is 0. The van der Waals surface area contributed by atoms with E-state index in [0.717, 1.165) is 22.6 Å². The van der Waals surface area contributed by atoms with Gasteiger partial charge in [0, 0.05) is 5.56 Å². The second kappa shape index (κ2) is 4.41. The van der Waals surface area contributed by atoms with E-state index in [0.29, 0.717) is 4.96 Å². The minimum absolute atomic E-state index is 0.0112. The van der Waals surface area contributed by atoms with Crippen molar-refractivity contribution in [1.29, 1.82) is 0 Å². The second-order valence-electron chi connectivity index (χ2n) is 3.79. The molecule has 98 valence electrons. The van der Waals surface area contributed by atoms with E-state index in [2.05, 4.69) is 14.8 Å². The molecule has 0 radical (unpaired) electrons. The molecule has 0 atom stereocenters. The number of aromatic nitrogens is 3. The molecule has 0 aliphatic rings. The Bertz CT molecular complexity index is 789. The summed E-state index contributed by atoms with van der Waals surface area (Å²) in [6.07, 6.45) is 1.72. The van der Waals surface area contributed by atoms with Crippen molar-refractivity contribution in [3.8, 4) is 11.3 Å². The minimum atomic E-state index is -3.51. The molecule has 19 heavy (non-hydrogen) atoms. The molecule has 0 aliphatic carbocycles. The Morgan fingerprint density at radius 1 is 1.26 bits per heavy atom. The Labute approximate surface area is 113 Å². The van der Waals surface area contributed by atoms with Crippen LogP contribution < -0.4 is 4.72 Å². The molecule has 0 bridgehead atoms. The van der Waals surface area contributed by atoms with Gasteiger partial charge in [-0.3, -0.25) is 0 Å². The molecule has 8 heteroatoms. The van der Waals surface area contributed by atoms with E-state index in [1.807, 2.05) is 30.3 Å². The first-order chi connectivity index (χ1) is 9.10. The van der Waals surface area contributed by atoms with Crippen molar-refractivity contribution in [3.05, 3.63) is 36.5 Å². The van der Waals surface area contributed by atoms with Crippen molar-refractivity contribution in [3.63, 3.8) is 0 Å². The predicted octanol–water partition coefficient (Wildman–Crippen LogP) is 1.37. The van der Waals surface area contributed by atoms with E-state index in [9.17, 15) is 8.42 Å². The van der Waals surface area contributed by atoms with Crippen LogP contribution in [0.25, 0.3) is 16.2 Å². The van der Waals surface area contributed by atoms with Gasteiger partial charge in [0.25, 0.3) is 10.0 Å². The number of imidazole rings is 1. The molecule has 0 saturated carbocycles. The van der Waals surface area contributed by atoms with Crippen LogP contribution in [0.15, 0.2) is 40.9 Å². The molecular formula is C11H10N4O2S2. The largest absolute Gasteiger partial charge is 0.269 e. The van der Waals surface area contributed by atoms with Gasteiger partial charge in [-0.05, 0) is 7.05 Å². The Morgan fingerprint density at radius 2 is 2.00 bits per heavy atom. The molecule has 3 rings (SSSR count). The number of hydrogen-bond acceptors (Lipinski definition) is 5. The maximum absolute atomic E-state index is 11.6. The fourth-order valence-corrected chi connectivity index (χ4v) is 3.52. The first-order valence-electron chi connectivity index (χ1n) is 5.45. The molecule has 3 aromatic rings. The van der Waals surface area contributed by atoms with Crippen LogP contribution in [0.2, 0.25) is 0 Å². The highest BCUT2D eigenvalue weighted by atomic mass is 32.2. The van der Waals surface area contributed by atoms with Gasteiger partial charge < -0.3 is 0 Å². The highest BCUT2D eigenvalue weighted by Crippen LogP contribution is 2.23. The topological polar surface area (TPSA) is 76.4 Å². The zero-order valence-corrected chi connectivity index (χ0v) is 11.6. The number of hydrogen-bond donors (Lipinski definition) is 1. The number of benzene rings is 1. The number of nitrogens with one attached hydrogen (secondary N) is 1. The second-order valence-corrected chi connectivity index (χ2v) is 6.81. The fraction of sp³-hybridized carbons (Fsp3) is 0.0909. The zero-order valence-electron chi connectivity index (χ0n) is 9.94. The molecular weight excluding hydrogens is 284 g/mol. The van der Waals surface area contributed by atoms with Crippen molar-refractivity contribution in [2.45, 2.75) is 4.34 Å². The SMILES string of the molecule is CNS(=O)(=O)c1nn2cc(-c3ccccc3)nc2s1. The van der Waals surface area contributed by atoms with Crippen molar-refractivity contribution in [2.24, 2.45) is 0 Å². The Balaban J connectivity index is 2.08. The molecule has 0 spiro atoms. The van der Waals surface area contributed by atoms with Gasteiger partial charge >= 0.3 is 0 Å². The van der Waals surface area contributed by atoms with Crippen LogP contribution in [-0.4, -0.2) is 30.1 Å². The van der Waals surface area contributed by atoms with Gasteiger partial charge in [0.15, 0.2) is 0 Å². The number of sulfonamides is 1. The van der Waals surface area contributed by atoms with Crippen LogP contribution in [0.5, 0.6) is 0 Å². The van der Waals surface area contributed by atoms with E-state index >= 15 is 0 Å². The van der Waals surface area contributed by atoms with Crippen LogP contribution in [0.3, 0.4) is 0 Å². The third-order valence-electron chi connectivity index (χ3n) is 2.59. The molecule has 0 aliphatic heterocycles. The molecule has 2 heterocycles. The van der Waals surface area contributed by atoms with E-state index in [1.165, 1.54) is 11.6 Å². The van der Waals surface area contributed by atoms with Crippen LogP contribution in [0, 0.1) is 0 Å². The lowest BCUT2D eigenvalue weighted by Gasteiger charge is -1.95. The van der Waals surface area contributed by atoms with Crippen LogP contribution >= 0.6 is 11.3 Å². The zero-order chi connectivity index (χ0) is 13.5. The maximum atomic E-state index is 11.6. The quantitative estimate of drug-likeness (QED) is 0.791. The molecule has 6 nitrogen and oxygen atoms in total. The standard InChI is InChI=1S/C11H10N4O2S2/c1-12-19(16,17)11-14-15-7-9(13-10(15)18-11)8-5-3-2-4-6-8/h2-7,12H,1H3.